The number of carboxylic acid groups (broad SMARTS) is 1. The topological polar surface area (TPSA) is 122 Å². The summed E-state index contributed by atoms with van der Waals surface area (Å²) in [6, 6.07) is 7.83. The van der Waals surface area contributed by atoms with Gasteiger partial charge in [-0.05, 0) is 51.3 Å². The van der Waals surface area contributed by atoms with Crippen molar-refractivity contribution in [1.29, 1.82) is 0 Å². The summed E-state index contributed by atoms with van der Waals surface area (Å²) >= 11 is 5.88. The van der Waals surface area contributed by atoms with Crippen molar-refractivity contribution in [3.05, 3.63) is 64.9 Å². The highest BCUT2D eigenvalue weighted by Gasteiger charge is 2.46. The van der Waals surface area contributed by atoms with Gasteiger partial charge >= 0.3 is 5.97 Å². The number of halogens is 2. The molecule has 1 saturated heterocycles. The second-order valence-electron chi connectivity index (χ2n) is 12.7. The first-order chi connectivity index (χ1) is 19.9. The minimum atomic E-state index is -1.31. The number of hydrogen-bond acceptors (Lipinski definition) is 6. The number of anilines is 1. The Morgan fingerprint density at radius 1 is 1.09 bits per heavy atom. The maximum Gasteiger partial charge on any atom is 0.331 e. The molecule has 0 atom stereocenters. The number of aromatic nitrogens is 3. The zero-order valence-electron chi connectivity index (χ0n) is 25.0. The van der Waals surface area contributed by atoms with Crippen LogP contribution in [0.1, 0.15) is 64.6 Å². The van der Waals surface area contributed by atoms with Gasteiger partial charge in [-0.3, -0.25) is 14.3 Å². The average Bonchev–Trinajstić information content (AvgIpc) is 3.58. The van der Waals surface area contributed by atoms with Crippen LogP contribution in [0.25, 0.3) is 22.4 Å². The lowest BCUT2D eigenvalue weighted by atomic mass is 9.86. The Labute approximate surface area is 253 Å². The molecule has 43 heavy (non-hydrogen) atoms. The summed E-state index contributed by atoms with van der Waals surface area (Å²) in [5.74, 6) is -2.43. The van der Waals surface area contributed by atoms with E-state index in [2.05, 4.69) is 10.1 Å². The molecule has 4 aromatic rings. The number of piperazine rings is 1. The van der Waals surface area contributed by atoms with Gasteiger partial charge in [0.25, 0.3) is 11.8 Å². The molecule has 1 fully saturated rings. The summed E-state index contributed by atoms with van der Waals surface area (Å²) < 4.78 is 21.7. The van der Waals surface area contributed by atoms with E-state index in [9.17, 15) is 23.9 Å². The summed E-state index contributed by atoms with van der Waals surface area (Å²) in [5.41, 5.74) is 0.145. The van der Waals surface area contributed by atoms with Crippen LogP contribution < -0.4 is 4.90 Å². The summed E-state index contributed by atoms with van der Waals surface area (Å²) in [7, 11) is 0. The number of carboxylic acids is 1. The van der Waals surface area contributed by atoms with Crippen LogP contribution >= 0.6 is 11.6 Å². The number of nitrogens with zero attached hydrogens (tertiary/aromatic N) is 5. The van der Waals surface area contributed by atoms with Crippen molar-refractivity contribution >= 4 is 46.2 Å². The predicted octanol–water partition coefficient (Wildman–Crippen LogP) is 5.87. The fraction of sp³-hybridized carbons (Fsp3) is 0.387. The first-order valence-corrected chi connectivity index (χ1v) is 14.1. The van der Waals surface area contributed by atoms with Crippen LogP contribution in [0.2, 0.25) is 5.02 Å². The van der Waals surface area contributed by atoms with Crippen molar-refractivity contribution in [3.8, 4) is 11.3 Å². The Hall–Kier alpha value is -4.25. The molecular formula is C31H33ClFN5O5. The molecule has 0 radical (unpaired) electrons. The lowest BCUT2D eigenvalue weighted by molar-refractivity contribution is -0.146. The van der Waals surface area contributed by atoms with Crippen molar-refractivity contribution in [2.45, 2.75) is 65.0 Å². The van der Waals surface area contributed by atoms with Crippen molar-refractivity contribution in [2.24, 2.45) is 0 Å². The van der Waals surface area contributed by atoms with Crippen molar-refractivity contribution in [1.82, 2.24) is 19.7 Å². The zero-order chi connectivity index (χ0) is 31.6. The number of amides is 2. The molecule has 1 aliphatic heterocycles. The van der Waals surface area contributed by atoms with Crippen LogP contribution in [0.15, 0.2) is 47.1 Å². The summed E-state index contributed by atoms with van der Waals surface area (Å²) in [6.07, 6.45) is 2.96. The van der Waals surface area contributed by atoms with Crippen molar-refractivity contribution in [2.75, 3.05) is 18.0 Å². The minimum Gasteiger partial charge on any atom is -0.479 e. The molecule has 4 heterocycles. The first kappa shape index (κ1) is 30.2. The molecule has 0 spiro atoms. The van der Waals surface area contributed by atoms with Crippen molar-refractivity contribution < 1.29 is 28.3 Å². The van der Waals surface area contributed by atoms with E-state index in [1.54, 1.807) is 26.0 Å². The number of fused-ring (bicyclic) bond motifs is 1. The minimum absolute atomic E-state index is 0.00672. The van der Waals surface area contributed by atoms with Crippen LogP contribution in [0.3, 0.4) is 0 Å². The second kappa shape index (κ2) is 10.2. The normalized spacial score (nSPS) is 15.8. The van der Waals surface area contributed by atoms with Crippen LogP contribution in [0.4, 0.5) is 10.1 Å². The lowest BCUT2D eigenvalue weighted by Gasteiger charge is -2.45. The number of pyridine rings is 1. The third kappa shape index (κ3) is 5.15. The van der Waals surface area contributed by atoms with Crippen LogP contribution in [-0.4, -0.2) is 61.2 Å². The molecule has 10 nitrogen and oxygen atoms in total. The number of aliphatic carboxylic acids is 1. The first-order valence-electron chi connectivity index (χ1n) is 13.8. The molecule has 0 aliphatic carbocycles. The maximum absolute atomic E-state index is 14.3. The Morgan fingerprint density at radius 3 is 2.42 bits per heavy atom. The van der Waals surface area contributed by atoms with Crippen molar-refractivity contribution in [3.63, 3.8) is 0 Å². The van der Waals surface area contributed by atoms with Gasteiger partial charge in [0.05, 0.1) is 28.8 Å². The Morgan fingerprint density at radius 2 is 1.79 bits per heavy atom. The maximum atomic E-state index is 14.3. The highest BCUT2D eigenvalue weighted by Crippen LogP contribution is 2.36. The monoisotopic (exact) mass is 609 g/mol. The molecule has 1 aromatic carbocycles. The number of rotatable bonds is 5. The molecule has 1 aliphatic rings. The van der Waals surface area contributed by atoms with Gasteiger partial charge in [-0.1, -0.05) is 38.4 Å². The van der Waals surface area contributed by atoms with Crippen LogP contribution in [-0.2, 0) is 20.5 Å². The third-order valence-corrected chi connectivity index (χ3v) is 8.23. The fourth-order valence-electron chi connectivity index (χ4n) is 5.11. The highest BCUT2D eigenvalue weighted by molar-refractivity contribution is 6.30. The van der Waals surface area contributed by atoms with Gasteiger partial charge in [-0.2, -0.15) is 5.10 Å². The van der Waals surface area contributed by atoms with Gasteiger partial charge < -0.3 is 19.3 Å². The molecule has 226 valence electrons. The predicted molar refractivity (Wildman–Crippen MR) is 160 cm³/mol. The zero-order valence-corrected chi connectivity index (χ0v) is 25.8. The van der Waals surface area contributed by atoms with E-state index in [1.807, 2.05) is 26.8 Å². The van der Waals surface area contributed by atoms with E-state index in [0.717, 1.165) is 5.56 Å². The number of furan rings is 1. The molecule has 3 aromatic heterocycles. The summed E-state index contributed by atoms with van der Waals surface area (Å²) in [6.45, 7) is 12.7. The van der Waals surface area contributed by atoms with E-state index in [1.165, 1.54) is 52.9 Å². The van der Waals surface area contributed by atoms with E-state index in [4.69, 9.17) is 16.0 Å². The summed E-state index contributed by atoms with van der Waals surface area (Å²) in [4.78, 5) is 46.9. The molecule has 2 amide bonds. The van der Waals surface area contributed by atoms with Gasteiger partial charge in [0.1, 0.15) is 16.9 Å². The van der Waals surface area contributed by atoms with E-state index < -0.39 is 34.2 Å². The second-order valence-corrected chi connectivity index (χ2v) is 13.1. The lowest BCUT2D eigenvalue weighted by Crippen LogP contribution is -2.64. The van der Waals surface area contributed by atoms with Crippen LogP contribution in [0, 0.1) is 5.82 Å². The number of hydrogen-bond donors (Lipinski definition) is 1. The molecule has 0 bridgehead atoms. The van der Waals surface area contributed by atoms with E-state index in [-0.39, 0.29) is 29.8 Å². The van der Waals surface area contributed by atoms with Gasteiger partial charge in [0.2, 0.25) is 0 Å². The molecular weight excluding hydrogens is 577 g/mol. The third-order valence-electron chi connectivity index (χ3n) is 7.93. The highest BCUT2D eigenvalue weighted by atomic mass is 35.5. The Kier molecular flexibility index (Phi) is 7.16. The SMILES string of the molecule is CC(C)(C)c1cc(-c2ccc(Cl)c(F)c2)nc2cc(C(=O)N3CCN(c4cnn(C(C)(C)C(=O)O)c4)C(=O)C3(C)C)oc12. The Balaban J connectivity index is 1.48. The standard InChI is InChI=1S/C31H33ClFN5O5/c1-29(2,3)19-13-22(17-8-9-20(32)21(33)12-17)35-23-14-24(43-25(19)23)26(39)37-11-10-36(27(40)30(37,4)5)18-15-34-38(16-18)31(6,7)28(41)42/h8-9,12-16H,10-11H2,1-7H3,(H,41,42). The molecule has 12 heteroatoms. The number of carbonyl (C=O) groups is 3. The largest absolute Gasteiger partial charge is 0.479 e. The number of carbonyl (C=O) groups excluding carboxylic acids is 2. The molecule has 0 unspecified atom stereocenters. The van der Waals surface area contributed by atoms with Gasteiger partial charge in [0.15, 0.2) is 16.9 Å². The fourth-order valence-corrected chi connectivity index (χ4v) is 5.22. The molecule has 5 rings (SSSR count). The average molecular weight is 610 g/mol. The number of benzene rings is 1. The summed E-state index contributed by atoms with van der Waals surface area (Å²) in [5, 5.41) is 13.7. The smallest absolute Gasteiger partial charge is 0.331 e. The van der Waals surface area contributed by atoms with Gasteiger partial charge in [-0.25, -0.2) is 14.2 Å². The van der Waals surface area contributed by atoms with Gasteiger partial charge in [-0.15, -0.1) is 0 Å². The van der Waals surface area contributed by atoms with E-state index in [0.29, 0.717) is 28.0 Å². The van der Waals surface area contributed by atoms with Gasteiger partial charge in [0, 0.05) is 30.3 Å². The molecule has 0 saturated carbocycles. The van der Waals surface area contributed by atoms with Crippen LogP contribution in [0.5, 0.6) is 0 Å². The quantitative estimate of drug-likeness (QED) is 0.300. The Bertz CT molecular complexity index is 1780. The van der Waals surface area contributed by atoms with E-state index >= 15 is 0 Å². The molecule has 1 N–H and O–H groups in total.